The third-order valence-corrected chi connectivity index (χ3v) is 10.9. The van der Waals surface area contributed by atoms with Crippen LogP contribution in [0.1, 0.15) is 77.0 Å². The van der Waals surface area contributed by atoms with Gasteiger partial charge in [-0.1, -0.05) is 12.1 Å². The summed E-state index contributed by atoms with van der Waals surface area (Å²) in [6.07, 6.45) is 18.2. The van der Waals surface area contributed by atoms with Gasteiger partial charge in [0.25, 0.3) is 0 Å². The van der Waals surface area contributed by atoms with Crippen LogP contribution in [0.15, 0.2) is 24.3 Å². The molecule has 8 bridgehead atoms. The first kappa shape index (κ1) is 18.7. The Bertz CT molecular complexity index is 723. The van der Waals surface area contributed by atoms with Gasteiger partial charge in [-0.3, -0.25) is 0 Å². The minimum atomic E-state index is 0. The van der Waals surface area contributed by atoms with Crippen molar-refractivity contribution in [1.29, 1.82) is 0 Å². The maximum absolute atomic E-state index is 2.98. The summed E-state index contributed by atoms with van der Waals surface area (Å²) in [6, 6.07) is 9.59. The van der Waals surface area contributed by atoms with Crippen molar-refractivity contribution in [2.45, 2.75) is 88.1 Å². The fourth-order valence-electron chi connectivity index (χ4n) is 10.8. The maximum Gasteiger partial charge on any atom is 0.0915 e. The minimum absolute atomic E-state index is 0. The van der Waals surface area contributed by atoms with Gasteiger partial charge in [0.15, 0.2) is 0 Å². The van der Waals surface area contributed by atoms with Crippen LogP contribution in [0, 0.1) is 35.5 Å². The summed E-state index contributed by atoms with van der Waals surface area (Å²) in [7, 11) is 0. The average Bonchev–Trinajstić information content (AvgIpc) is 3.07. The van der Waals surface area contributed by atoms with Crippen molar-refractivity contribution in [1.82, 2.24) is 0 Å². The van der Waals surface area contributed by atoms with Gasteiger partial charge in [0.2, 0.25) is 0 Å². The quantitative estimate of drug-likeness (QED) is 0.525. The lowest BCUT2D eigenvalue weighted by Crippen LogP contribution is -2.64. The van der Waals surface area contributed by atoms with E-state index in [1.807, 2.05) is 0 Å². The standard InChI is InChI=1S/C27H36N2.ClH/c1-2-4-25-24(3-1)28(26-11-18-5-19(12-26)7-20(6-18)13-26)17-29(25)27-14-21-8-22(15-27)10-23(9-21)16-27;/h1-4,18-23H,5-17H2;1H. The van der Waals surface area contributed by atoms with Crippen molar-refractivity contribution in [2.24, 2.45) is 35.5 Å². The van der Waals surface area contributed by atoms with Crippen LogP contribution in [-0.4, -0.2) is 17.7 Å². The second-order valence-corrected chi connectivity index (χ2v) is 12.8. The number of para-hydroxylation sites is 2. The molecule has 1 heterocycles. The lowest BCUT2D eigenvalue weighted by molar-refractivity contribution is -0.0125. The predicted octanol–water partition coefficient (Wildman–Crippen LogP) is 6.63. The fraction of sp³-hybridized carbons (Fsp3) is 0.778. The highest BCUT2D eigenvalue weighted by Gasteiger charge is 2.59. The molecule has 8 aliphatic carbocycles. The molecule has 2 nitrogen and oxygen atoms in total. The Morgan fingerprint density at radius 2 is 0.833 bits per heavy atom. The predicted molar refractivity (Wildman–Crippen MR) is 125 cm³/mol. The number of halogens is 1. The second-order valence-electron chi connectivity index (χ2n) is 12.8. The minimum Gasteiger partial charge on any atom is -0.346 e. The van der Waals surface area contributed by atoms with Crippen molar-refractivity contribution in [3.63, 3.8) is 0 Å². The molecule has 8 saturated carbocycles. The molecule has 30 heavy (non-hydrogen) atoms. The Balaban J connectivity index is 0.00000162. The van der Waals surface area contributed by atoms with Crippen LogP contribution in [0.4, 0.5) is 11.4 Å². The Labute approximate surface area is 188 Å². The SMILES string of the molecule is Cl.c1ccc2c(c1)N(C13CC4CC(CC(C4)C1)C3)CN2C12CC3CC(CC(C3)C1)C2. The Morgan fingerprint density at radius 3 is 1.13 bits per heavy atom. The third-order valence-electron chi connectivity index (χ3n) is 10.9. The highest BCUT2D eigenvalue weighted by molar-refractivity contribution is 5.85. The van der Waals surface area contributed by atoms with Gasteiger partial charge >= 0.3 is 0 Å². The largest absolute Gasteiger partial charge is 0.346 e. The first-order chi connectivity index (χ1) is 14.2. The van der Waals surface area contributed by atoms with E-state index >= 15 is 0 Å². The Kier molecular flexibility index (Phi) is 3.81. The molecule has 162 valence electrons. The van der Waals surface area contributed by atoms with Crippen LogP contribution in [0.5, 0.6) is 0 Å². The maximum atomic E-state index is 2.98. The number of fused-ring (bicyclic) bond motifs is 1. The van der Waals surface area contributed by atoms with Crippen LogP contribution >= 0.6 is 12.4 Å². The Morgan fingerprint density at radius 1 is 0.533 bits per heavy atom. The summed E-state index contributed by atoms with van der Waals surface area (Å²) in [5, 5.41) is 0. The van der Waals surface area contributed by atoms with Crippen LogP contribution in [0.25, 0.3) is 0 Å². The van der Waals surface area contributed by atoms with Gasteiger partial charge < -0.3 is 9.80 Å². The molecule has 1 aromatic rings. The summed E-state index contributed by atoms with van der Waals surface area (Å²) >= 11 is 0. The van der Waals surface area contributed by atoms with Gasteiger partial charge in [0.1, 0.15) is 0 Å². The molecule has 0 unspecified atom stereocenters. The Hall–Kier alpha value is -0.890. The van der Waals surface area contributed by atoms with E-state index in [4.69, 9.17) is 0 Å². The number of benzene rings is 1. The van der Waals surface area contributed by atoms with Gasteiger partial charge in [-0.2, -0.15) is 0 Å². The smallest absolute Gasteiger partial charge is 0.0915 e. The normalized spacial score (nSPS) is 49.5. The van der Waals surface area contributed by atoms with E-state index in [0.717, 1.165) is 35.5 Å². The second kappa shape index (κ2) is 6.12. The number of anilines is 2. The topological polar surface area (TPSA) is 6.48 Å². The van der Waals surface area contributed by atoms with Gasteiger partial charge in [-0.15, -0.1) is 12.4 Å². The number of hydrogen-bond acceptors (Lipinski definition) is 2. The van der Waals surface area contributed by atoms with Crippen LogP contribution in [0.2, 0.25) is 0 Å². The molecular weight excluding hydrogens is 388 g/mol. The average molecular weight is 425 g/mol. The van der Waals surface area contributed by atoms with Gasteiger partial charge in [-0.25, -0.2) is 0 Å². The molecule has 0 saturated heterocycles. The van der Waals surface area contributed by atoms with Gasteiger partial charge in [0, 0.05) is 11.1 Å². The zero-order chi connectivity index (χ0) is 18.8. The van der Waals surface area contributed by atoms with Crippen LogP contribution in [0.3, 0.4) is 0 Å². The molecule has 3 heteroatoms. The van der Waals surface area contributed by atoms with Crippen LogP contribution < -0.4 is 9.80 Å². The summed E-state index contributed by atoms with van der Waals surface area (Å²) in [5.41, 5.74) is 4.18. The summed E-state index contributed by atoms with van der Waals surface area (Å²) in [5.74, 6) is 6.18. The van der Waals surface area contributed by atoms with Gasteiger partial charge in [-0.05, 0) is 125 Å². The van der Waals surface area contributed by atoms with E-state index < -0.39 is 0 Å². The van der Waals surface area contributed by atoms with Crippen molar-refractivity contribution in [3.05, 3.63) is 24.3 Å². The van der Waals surface area contributed by atoms with E-state index in [2.05, 4.69) is 34.1 Å². The fourth-order valence-corrected chi connectivity index (χ4v) is 10.8. The monoisotopic (exact) mass is 424 g/mol. The molecule has 1 aliphatic heterocycles. The number of hydrogen-bond donors (Lipinski definition) is 0. The van der Waals surface area contributed by atoms with Crippen molar-refractivity contribution < 1.29 is 0 Å². The molecular formula is C27H37ClN2. The molecule has 9 aliphatic rings. The molecule has 1 aromatic carbocycles. The van der Waals surface area contributed by atoms with Gasteiger partial charge in [0.05, 0.1) is 18.0 Å². The molecule has 10 rings (SSSR count). The lowest BCUT2D eigenvalue weighted by Gasteiger charge is -2.62. The first-order valence-electron chi connectivity index (χ1n) is 12.8. The van der Waals surface area contributed by atoms with E-state index in [1.165, 1.54) is 45.2 Å². The zero-order valence-corrected chi connectivity index (χ0v) is 19.1. The van der Waals surface area contributed by atoms with E-state index in [0.29, 0.717) is 11.1 Å². The molecule has 0 amide bonds. The molecule has 0 N–H and O–H groups in total. The number of rotatable bonds is 2. The lowest BCUT2D eigenvalue weighted by atomic mass is 9.52. The van der Waals surface area contributed by atoms with Crippen molar-refractivity contribution in [3.8, 4) is 0 Å². The molecule has 0 spiro atoms. The third kappa shape index (κ3) is 2.38. The van der Waals surface area contributed by atoms with Crippen molar-refractivity contribution >= 4 is 23.8 Å². The molecule has 0 radical (unpaired) electrons. The van der Waals surface area contributed by atoms with E-state index in [-0.39, 0.29) is 12.4 Å². The summed E-state index contributed by atoms with van der Waals surface area (Å²) in [6.45, 7) is 1.21. The van der Waals surface area contributed by atoms with E-state index in [9.17, 15) is 0 Å². The highest BCUT2D eigenvalue weighted by atomic mass is 35.5. The summed E-state index contributed by atoms with van der Waals surface area (Å²) in [4.78, 5) is 5.96. The zero-order valence-electron chi connectivity index (χ0n) is 18.3. The molecule has 8 fully saturated rings. The molecule has 0 atom stereocenters. The highest BCUT2D eigenvalue weighted by Crippen LogP contribution is 2.63. The number of nitrogens with zero attached hydrogens (tertiary/aromatic N) is 2. The summed E-state index contributed by atoms with van der Waals surface area (Å²) < 4.78 is 0. The molecule has 0 aromatic heterocycles. The van der Waals surface area contributed by atoms with Crippen LogP contribution in [-0.2, 0) is 0 Å². The first-order valence-corrected chi connectivity index (χ1v) is 12.8. The van der Waals surface area contributed by atoms with E-state index in [1.54, 1.807) is 49.9 Å². The van der Waals surface area contributed by atoms with Crippen molar-refractivity contribution in [2.75, 3.05) is 16.5 Å².